The summed E-state index contributed by atoms with van der Waals surface area (Å²) in [6.45, 7) is 0.378. The number of esters is 1. The number of rotatable bonds is 4. The Bertz CT molecular complexity index is 729. The fraction of sp³-hybridized carbons (Fsp3) is 0.176. The lowest BCUT2D eigenvalue weighted by Gasteiger charge is -2.18. The number of hydrogen-bond donors (Lipinski definition) is 0. The second kappa shape index (κ2) is 7.49. The van der Waals surface area contributed by atoms with Crippen molar-refractivity contribution in [2.45, 2.75) is 6.54 Å². The van der Waals surface area contributed by atoms with Crippen LogP contribution in [0.1, 0.15) is 26.3 Å². The van der Waals surface area contributed by atoms with E-state index >= 15 is 0 Å². The molecule has 0 bridgehead atoms. The molecule has 0 aliphatic heterocycles. The van der Waals surface area contributed by atoms with Gasteiger partial charge in [0.2, 0.25) is 0 Å². The molecule has 0 N–H and O–H groups in total. The number of carbonyl (C=O) groups is 2. The molecule has 0 saturated heterocycles. The molecule has 0 aliphatic rings. The molecular weight excluding hydrogens is 337 g/mol. The molecule has 0 unspecified atom stereocenters. The fourth-order valence-electron chi connectivity index (χ4n) is 2.08. The van der Waals surface area contributed by atoms with Gasteiger partial charge in [-0.2, -0.15) is 0 Å². The Balaban J connectivity index is 2.12. The van der Waals surface area contributed by atoms with Crippen LogP contribution in [0.4, 0.5) is 0 Å². The highest BCUT2D eigenvalue weighted by molar-refractivity contribution is 6.43. The summed E-state index contributed by atoms with van der Waals surface area (Å²) in [7, 11) is 3.01. The van der Waals surface area contributed by atoms with Gasteiger partial charge in [0.1, 0.15) is 0 Å². The van der Waals surface area contributed by atoms with Gasteiger partial charge in [0.05, 0.1) is 28.3 Å². The molecule has 2 rings (SSSR count). The molecule has 0 fully saturated rings. The molecule has 6 heteroatoms. The zero-order valence-electron chi connectivity index (χ0n) is 12.7. The molecule has 0 heterocycles. The van der Waals surface area contributed by atoms with Crippen molar-refractivity contribution in [3.63, 3.8) is 0 Å². The van der Waals surface area contributed by atoms with Gasteiger partial charge in [-0.25, -0.2) is 4.79 Å². The average molecular weight is 352 g/mol. The summed E-state index contributed by atoms with van der Waals surface area (Å²) < 4.78 is 4.65. The number of nitrogens with zero attached hydrogens (tertiary/aromatic N) is 1. The molecule has 120 valence electrons. The van der Waals surface area contributed by atoms with Crippen LogP contribution in [-0.2, 0) is 11.3 Å². The van der Waals surface area contributed by atoms with Crippen molar-refractivity contribution in [1.82, 2.24) is 4.90 Å². The van der Waals surface area contributed by atoms with E-state index in [1.165, 1.54) is 12.0 Å². The Morgan fingerprint density at radius 1 is 1.09 bits per heavy atom. The van der Waals surface area contributed by atoms with Crippen LogP contribution in [0.2, 0.25) is 10.0 Å². The van der Waals surface area contributed by atoms with E-state index < -0.39 is 5.97 Å². The van der Waals surface area contributed by atoms with Gasteiger partial charge in [0.25, 0.3) is 5.91 Å². The van der Waals surface area contributed by atoms with Crippen LogP contribution in [0.25, 0.3) is 0 Å². The molecule has 0 radical (unpaired) electrons. The molecule has 4 nitrogen and oxygen atoms in total. The Kier molecular flexibility index (Phi) is 5.64. The van der Waals surface area contributed by atoms with Crippen LogP contribution in [-0.4, -0.2) is 30.9 Å². The normalized spacial score (nSPS) is 10.3. The van der Waals surface area contributed by atoms with Gasteiger partial charge < -0.3 is 9.64 Å². The number of ether oxygens (including phenoxy) is 1. The van der Waals surface area contributed by atoms with Gasteiger partial charge in [-0.05, 0) is 29.8 Å². The second-order valence-electron chi connectivity index (χ2n) is 4.95. The van der Waals surface area contributed by atoms with Crippen molar-refractivity contribution in [3.8, 4) is 0 Å². The van der Waals surface area contributed by atoms with Crippen LogP contribution in [0.5, 0.6) is 0 Å². The Labute approximate surface area is 144 Å². The summed E-state index contributed by atoms with van der Waals surface area (Å²) in [6, 6.07) is 11.8. The SMILES string of the molecule is COC(=O)c1ccc(CN(C)C(=O)c2cccc(Cl)c2Cl)cc1. The smallest absolute Gasteiger partial charge is 0.337 e. The lowest BCUT2D eigenvalue weighted by Crippen LogP contribution is -2.26. The maximum atomic E-state index is 12.5. The van der Waals surface area contributed by atoms with Gasteiger partial charge in [0, 0.05) is 13.6 Å². The van der Waals surface area contributed by atoms with Gasteiger partial charge in [-0.15, -0.1) is 0 Å². The summed E-state index contributed by atoms with van der Waals surface area (Å²) in [5.41, 5.74) is 1.70. The van der Waals surface area contributed by atoms with Crippen molar-refractivity contribution < 1.29 is 14.3 Å². The minimum absolute atomic E-state index is 0.227. The van der Waals surface area contributed by atoms with Crippen LogP contribution < -0.4 is 0 Å². The van der Waals surface area contributed by atoms with Crippen molar-refractivity contribution in [2.75, 3.05) is 14.2 Å². The molecular formula is C17H15Cl2NO3. The van der Waals surface area contributed by atoms with E-state index in [0.29, 0.717) is 22.7 Å². The molecule has 2 aromatic rings. The maximum Gasteiger partial charge on any atom is 0.337 e. The first-order chi connectivity index (χ1) is 10.9. The van der Waals surface area contributed by atoms with Crippen LogP contribution in [0.15, 0.2) is 42.5 Å². The minimum atomic E-state index is -0.397. The van der Waals surface area contributed by atoms with Crippen molar-refractivity contribution in [1.29, 1.82) is 0 Å². The highest BCUT2D eigenvalue weighted by Gasteiger charge is 2.17. The molecule has 0 aliphatic carbocycles. The highest BCUT2D eigenvalue weighted by atomic mass is 35.5. The summed E-state index contributed by atoms with van der Waals surface area (Å²) in [4.78, 5) is 25.4. The third-order valence-corrected chi connectivity index (χ3v) is 4.14. The highest BCUT2D eigenvalue weighted by Crippen LogP contribution is 2.26. The van der Waals surface area contributed by atoms with Gasteiger partial charge in [-0.1, -0.05) is 41.4 Å². The van der Waals surface area contributed by atoms with E-state index in [9.17, 15) is 9.59 Å². The van der Waals surface area contributed by atoms with E-state index in [1.54, 1.807) is 49.5 Å². The van der Waals surface area contributed by atoms with E-state index in [1.807, 2.05) is 0 Å². The number of hydrogen-bond acceptors (Lipinski definition) is 3. The molecule has 0 saturated carbocycles. The topological polar surface area (TPSA) is 46.6 Å². The Hall–Kier alpha value is -2.04. The zero-order chi connectivity index (χ0) is 17.0. The minimum Gasteiger partial charge on any atom is -0.465 e. The summed E-state index contributed by atoms with van der Waals surface area (Å²) in [5, 5.41) is 0.584. The summed E-state index contributed by atoms with van der Waals surface area (Å²) in [5.74, 6) is -0.624. The predicted octanol–water partition coefficient (Wildman–Crippen LogP) is 4.05. The van der Waals surface area contributed by atoms with Crippen molar-refractivity contribution in [2.24, 2.45) is 0 Å². The Morgan fingerprint density at radius 3 is 2.35 bits per heavy atom. The van der Waals surface area contributed by atoms with Gasteiger partial charge in [-0.3, -0.25) is 4.79 Å². The van der Waals surface area contributed by atoms with Gasteiger partial charge >= 0.3 is 5.97 Å². The number of benzene rings is 2. The van der Waals surface area contributed by atoms with E-state index in [2.05, 4.69) is 4.74 Å². The number of carbonyl (C=O) groups excluding carboxylic acids is 2. The number of halogens is 2. The van der Waals surface area contributed by atoms with E-state index in [0.717, 1.165) is 5.56 Å². The monoisotopic (exact) mass is 351 g/mol. The quantitative estimate of drug-likeness (QED) is 0.780. The Morgan fingerprint density at radius 2 is 1.74 bits per heavy atom. The van der Waals surface area contributed by atoms with Gasteiger partial charge in [0.15, 0.2) is 0 Å². The second-order valence-corrected chi connectivity index (χ2v) is 5.74. The standard InChI is InChI=1S/C17H15Cl2NO3/c1-20(16(21)13-4-3-5-14(18)15(13)19)10-11-6-8-12(9-7-11)17(22)23-2/h3-9H,10H2,1-2H3. The predicted molar refractivity (Wildman–Crippen MR) is 90.0 cm³/mol. The first-order valence-electron chi connectivity index (χ1n) is 6.80. The summed E-state index contributed by atoms with van der Waals surface area (Å²) in [6.07, 6.45) is 0. The van der Waals surface area contributed by atoms with Crippen molar-refractivity contribution >= 4 is 35.1 Å². The van der Waals surface area contributed by atoms with Crippen LogP contribution >= 0.6 is 23.2 Å². The first kappa shape index (κ1) is 17.3. The molecule has 1 amide bonds. The van der Waals surface area contributed by atoms with Crippen molar-refractivity contribution in [3.05, 3.63) is 69.2 Å². The number of methoxy groups -OCH3 is 1. The summed E-state index contributed by atoms with van der Waals surface area (Å²) >= 11 is 12.0. The molecule has 0 atom stereocenters. The number of amides is 1. The third kappa shape index (κ3) is 4.03. The van der Waals surface area contributed by atoms with Crippen LogP contribution in [0, 0.1) is 0 Å². The molecule has 0 aromatic heterocycles. The maximum absolute atomic E-state index is 12.5. The van der Waals surface area contributed by atoms with Crippen LogP contribution in [0.3, 0.4) is 0 Å². The molecule has 2 aromatic carbocycles. The molecule has 23 heavy (non-hydrogen) atoms. The average Bonchev–Trinajstić information content (AvgIpc) is 2.56. The van der Waals surface area contributed by atoms with E-state index in [4.69, 9.17) is 23.2 Å². The lowest BCUT2D eigenvalue weighted by molar-refractivity contribution is 0.0600. The largest absolute Gasteiger partial charge is 0.465 e. The van der Waals surface area contributed by atoms with E-state index in [-0.39, 0.29) is 10.9 Å². The lowest BCUT2D eigenvalue weighted by atomic mass is 10.1. The fourth-order valence-corrected chi connectivity index (χ4v) is 2.47. The third-order valence-electron chi connectivity index (χ3n) is 3.32. The first-order valence-corrected chi connectivity index (χ1v) is 7.56. The molecule has 0 spiro atoms. The zero-order valence-corrected chi connectivity index (χ0v) is 14.2.